The molecule has 1 fully saturated rings. The van der Waals surface area contributed by atoms with Crippen LogP contribution in [0.1, 0.15) is 0 Å². The number of urea groups is 1. The van der Waals surface area contributed by atoms with Gasteiger partial charge in [-0.1, -0.05) is 0 Å². The molecule has 0 bridgehead atoms. The normalized spacial score (nSPS) is 16.9. The molecule has 15 heavy (non-hydrogen) atoms. The molecule has 1 N–H and O–H groups in total. The summed E-state index contributed by atoms with van der Waals surface area (Å²) >= 11 is 4.23. The average molecular weight is 311 g/mol. The van der Waals surface area contributed by atoms with E-state index >= 15 is 0 Å². The second kappa shape index (κ2) is 3.76. The Bertz CT molecular complexity index is 496. The fourth-order valence-corrected chi connectivity index (χ4v) is 5.01. The summed E-state index contributed by atoms with van der Waals surface area (Å²) in [6.45, 7) is 0.548. The first-order valence-electron chi connectivity index (χ1n) is 4.07. The van der Waals surface area contributed by atoms with Crippen molar-refractivity contribution in [1.29, 1.82) is 0 Å². The van der Waals surface area contributed by atoms with E-state index in [1.165, 1.54) is 0 Å². The molecule has 2 amide bonds. The van der Waals surface area contributed by atoms with Gasteiger partial charge in [0.2, 0.25) is 0 Å². The van der Waals surface area contributed by atoms with Crippen molar-refractivity contribution in [3.63, 3.8) is 0 Å². The molecule has 5 nitrogen and oxygen atoms in total. The van der Waals surface area contributed by atoms with Gasteiger partial charge < -0.3 is 5.32 Å². The van der Waals surface area contributed by atoms with Crippen molar-refractivity contribution < 1.29 is 13.2 Å². The molecule has 0 spiro atoms. The molecular weight excluding hydrogens is 304 g/mol. The van der Waals surface area contributed by atoms with Gasteiger partial charge in [-0.25, -0.2) is 9.10 Å². The van der Waals surface area contributed by atoms with Crippen molar-refractivity contribution >= 4 is 43.3 Å². The van der Waals surface area contributed by atoms with Crippen LogP contribution in [0.4, 0.5) is 4.79 Å². The monoisotopic (exact) mass is 310 g/mol. The van der Waals surface area contributed by atoms with Crippen molar-refractivity contribution in [2.45, 2.75) is 4.21 Å². The highest BCUT2D eigenvalue weighted by atomic mass is 79.9. The van der Waals surface area contributed by atoms with E-state index in [1.54, 1.807) is 11.4 Å². The quantitative estimate of drug-likeness (QED) is 0.893. The summed E-state index contributed by atoms with van der Waals surface area (Å²) in [5.74, 6) is 0. The van der Waals surface area contributed by atoms with Gasteiger partial charge in [-0.15, -0.1) is 11.3 Å². The maximum atomic E-state index is 12.0. The molecule has 0 radical (unpaired) electrons. The van der Waals surface area contributed by atoms with Crippen LogP contribution in [0.5, 0.6) is 0 Å². The number of halogens is 1. The number of hydrogen-bond donors (Lipinski definition) is 1. The van der Waals surface area contributed by atoms with E-state index < -0.39 is 16.1 Å². The Morgan fingerprint density at radius 3 is 2.73 bits per heavy atom. The number of amides is 2. The highest BCUT2D eigenvalue weighted by Gasteiger charge is 2.34. The number of nitrogens with one attached hydrogen (secondary N) is 1. The van der Waals surface area contributed by atoms with E-state index in [2.05, 4.69) is 21.2 Å². The standard InChI is InChI=1S/C7H7BrN2O3S2/c8-5-1-4-14-6(5)15(12,13)10-3-2-9-7(10)11/h1,4H,2-3H2,(H,9,11). The highest BCUT2D eigenvalue weighted by molar-refractivity contribution is 9.10. The smallest absolute Gasteiger partial charge is 0.331 e. The van der Waals surface area contributed by atoms with Crippen LogP contribution >= 0.6 is 27.3 Å². The van der Waals surface area contributed by atoms with E-state index in [4.69, 9.17) is 0 Å². The van der Waals surface area contributed by atoms with E-state index in [1.807, 2.05) is 0 Å². The van der Waals surface area contributed by atoms with Gasteiger partial charge >= 0.3 is 6.03 Å². The van der Waals surface area contributed by atoms with Crippen molar-refractivity contribution in [1.82, 2.24) is 9.62 Å². The summed E-state index contributed by atoms with van der Waals surface area (Å²) in [6, 6.07) is 1.08. The second-order valence-electron chi connectivity index (χ2n) is 2.87. The molecule has 2 heterocycles. The fourth-order valence-electron chi connectivity index (χ4n) is 1.25. The minimum absolute atomic E-state index is 0.166. The van der Waals surface area contributed by atoms with Crippen molar-refractivity contribution in [2.75, 3.05) is 13.1 Å². The maximum Gasteiger partial charge on any atom is 0.331 e. The third kappa shape index (κ3) is 1.77. The highest BCUT2D eigenvalue weighted by Crippen LogP contribution is 2.30. The predicted octanol–water partition coefficient (Wildman–Crippen LogP) is 1.22. The van der Waals surface area contributed by atoms with Gasteiger partial charge in [-0.3, -0.25) is 0 Å². The molecular formula is C7H7BrN2O3S2. The molecule has 0 aromatic carbocycles. The second-order valence-corrected chi connectivity index (χ2v) is 6.69. The number of nitrogens with zero attached hydrogens (tertiary/aromatic N) is 1. The van der Waals surface area contributed by atoms with Gasteiger partial charge in [0.05, 0.1) is 6.54 Å². The summed E-state index contributed by atoms with van der Waals surface area (Å²) in [6.07, 6.45) is 0. The number of hydrogen-bond acceptors (Lipinski definition) is 4. The molecule has 1 aromatic rings. The zero-order valence-electron chi connectivity index (χ0n) is 7.44. The van der Waals surface area contributed by atoms with Crippen LogP contribution in [0.2, 0.25) is 0 Å². The minimum atomic E-state index is -3.68. The Morgan fingerprint density at radius 1 is 1.53 bits per heavy atom. The van der Waals surface area contributed by atoms with Gasteiger partial charge in [-0.2, -0.15) is 8.42 Å². The molecule has 82 valence electrons. The molecule has 1 aliphatic heterocycles. The number of thiophene rings is 1. The zero-order valence-corrected chi connectivity index (χ0v) is 10.7. The van der Waals surface area contributed by atoms with Crippen molar-refractivity contribution in [3.8, 4) is 0 Å². The predicted molar refractivity (Wildman–Crippen MR) is 59.3 cm³/mol. The lowest BCUT2D eigenvalue weighted by Crippen LogP contribution is -2.33. The first-order valence-corrected chi connectivity index (χ1v) is 7.18. The van der Waals surface area contributed by atoms with Crippen molar-refractivity contribution in [3.05, 3.63) is 15.9 Å². The summed E-state index contributed by atoms with van der Waals surface area (Å²) in [5.41, 5.74) is 0. The average Bonchev–Trinajstić information content (AvgIpc) is 2.73. The van der Waals surface area contributed by atoms with Crippen molar-refractivity contribution in [2.24, 2.45) is 0 Å². The van der Waals surface area contributed by atoms with Crippen LogP contribution in [0, 0.1) is 0 Å². The van der Waals surface area contributed by atoms with E-state index in [-0.39, 0.29) is 10.8 Å². The van der Waals surface area contributed by atoms with Gasteiger partial charge in [0.25, 0.3) is 10.0 Å². The molecule has 1 aromatic heterocycles. The Hall–Kier alpha value is -0.600. The first-order chi connectivity index (χ1) is 7.03. The molecule has 2 rings (SSSR count). The fraction of sp³-hybridized carbons (Fsp3) is 0.286. The lowest BCUT2D eigenvalue weighted by molar-refractivity contribution is 0.236. The maximum absolute atomic E-state index is 12.0. The summed E-state index contributed by atoms with van der Waals surface area (Å²) in [5, 5.41) is 4.11. The number of sulfonamides is 1. The summed E-state index contributed by atoms with van der Waals surface area (Å²) in [4.78, 5) is 11.3. The molecule has 0 atom stereocenters. The zero-order chi connectivity index (χ0) is 11.1. The summed E-state index contributed by atoms with van der Waals surface area (Å²) < 4.78 is 25.5. The SMILES string of the molecule is O=C1NCCN1S(=O)(=O)c1sccc1Br. The number of carbonyl (C=O) groups is 1. The molecule has 1 saturated heterocycles. The first kappa shape index (κ1) is 10.9. The molecule has 0 saturated carbocycles. The number of carbonyl (C=O) groups excluding carboxylic acids is 1. The molecule has 0 aliphatic carbocycles. The Balaban J connectivity index is 2.44. The van der Waals surface area contributed by atoms with Gasteiger partial charge in [-0.05, 0) is 27.4 Å². The minimum Gasteiger partial charge on any atom is -0.335 e. The van der Waals surface area contributed by atoms with Crippen LogP contribution in [-0.4, -0.2) is 31.8 Å². The Kier molecular flexibility index (Phi) is 2.73. The van der Waals surface area contributed by atoms with Crippen LogP contribution in [-0.2, 0) is 10.0 Å². The van der Waals surface area contributed by atoms with E-state index in [0.29, 0.717) is 11.0 Å². The van der Waals surface area contributed by atoms with Gasteiger partial charge in [0, 0.05) is 11.0 Å². The van der Waals surface area contributed by atoms with Crippen LogP contribution in [0.15, 0.2) is 20.1 Å². The lowest BCUT2D eigenvalue weighted by atomic mass is 10.7. The Morgan fingerprint density at radius 2 is 2.27 bits per heavy atom. The molecule has 8 heteroatoms. The van der Waals surface area contributed by atoms with Gasteiger partial charge in [0.1, 0.15) is 0 Å². The van der Waals surface area contributed by atoms with Crippen LogP contribution in [0.3, 0.4) is 0 Å². The third-order valence-corrected chi connectivity index (χ3v) is 6.36. The summed E-state index contributed by atoms with van der Waals surface area (Å²) in [7, 11) is -3.68. The lowest BCUT2D eigenvalue weighted by Gasteiger charge is -2.13. The van der Waals surface area contributed by atoms with Crippen LogP contribution in [0.25, 0.3) is 0 Å². The largest absolute Gasteiger partial charge is 0.335 e. The number of rotatable bonds is 2. The topological polar surface area (TPSA) is 66.5 Å². The van der Waals surface area contributed by atoms with E-state index in [0.717, 1.165) is 15.6 Å². The van der Waals surface area contributed by atoms with E-state index in [9.17, 15) is 13.2 Å². The molecule has 1 aliphatic rings. The Labute approximate surface area is 99.3 Å². The third-order valence-electron chi connectivity index (χ3n) is 1.93. The van der Waals surface area contributed by atoms with Gasteiger partial charge in [0.15, 0.2) is 4.21 Å². The molecule has 0 unspecified atom stereocenters. The van der Waals surface area contributed by atoms with Crippen LogP contribution < -0.4 is 5.32 Å².